The third-order valence-corrected chi connectivity index (χ3v) is 4.80. The molecule has 0 unspecified atom stereocenters. The van der Waals surface area contributed by atoms with E-state index in [-0.39, 0.29) is 18.9 Å². The first kappa shape index (κ1) is 28.0. The van der Waals surface area contributed by atoms with Gasteiger partial charge in [0, 0.05) is 0 Å². The number of hydrogen-bond acceptors (Lipinski definition) is 7. The Bertz CT molecular complexity index is 789. The number of rotatable bonds is 14. The molecule has 0 aliphatic carbocycles. The van der Waals surface area contributed by atoms with Crippen LogP contribution in [0.5, 0.6) is 0 Å². The highest BCUT2D eigenvalue weighted by Gasteiger charge is 2.30. The fraction of sp³-hybridized carbons (Fsp3) is 0.545. The Kier molecular flexibility index (Phi) is 12.0. The molecule has 0 aromatic heterocycles. The van der Waals surface area contributed by atoms with Crippen LogP contribution in [0.15, 0.2) is 30.3 Å². The molecule has 0 saturated heterocycles. The Balaban J connectivity index is 2.92. The summed E-state index contributed by atoms with van der Waals surface area (Å²) in [6.07, 6.45) is 0.0961. The van der Waals surface area contributed by atoms with Crippen LogP contribution in [0.25, 0.3) is 0 Å². The molecule has 0 heterocycles. The molecule has 4 atom stereocenters. The van der Waals surface area contributed by atoms with E-state index in [1.165, 1.54) is 0 Å². The summed E-state index contributed by atoms with van der Waals surface area (Å²) in [4.78, 5) is 49.3. The summed E-state index contributed by atoms with van der Waals surface area (Å²) in [5, 5.41) is 26.3. The smallest absolute Gasteiger partial charge is 0.243 e. The number of hydrogen-bond donors (Lipinski definition) is 7. The summed E-state index contributed by atoms with van der Waals surface area (Å²) in [6.45, 7) is 2.71. The second-order valence-electron chi connectivity index (χ2n) is 8.29. The van der Waals surface area contributed by atoms with Crippen LogP contribution in [0.3, 0.4) is 0 Å². The lowest BCUT2D eigenvalue weighted by Crippen LogP contribution is -2.58. The number of aliphatic hydroxyl groups excluding tert-OH is 2. The van der Waals surface area contributed by atoms with Gasteiger partial charge in [-0.25, -0.2) is 0 Å². The summed E-state index contributed by atoms with van der Waals surface area (Å²) in [6, 6.07) is 4.96. The van der Waals surface area contributed by atoms with Crippen molar-refractivity contribution in [2.24, 2.45) is 17.4 Å². The zero-order valence-corrected chi connectivity index (χ0v) is 19.0. The minimum Gasteiger partial charge on any atom is -0.394 e. The van der Waals surface area contributed by atoms with Gasteiger partial charge in [0.05, 0.1) is 25.7 Å². The van der Waals surface area contributed by atoms with Gasteiger partial charge >= 0.3 is 0 Å². The number of nitrogens with two attached hydrogens (primary N) is 2. The number of aliphatic hydroxyl groups is 2. The predicted molar refractivity (Wildman–Crippen MR) is 121 cm³/mol. The van der Waals surface area contributed by atoms with Gasteiger partial charge in [0.25, 0.3) is 0 Å². The molecule has 0 spiro atoms. The maximum absolute atomic E-state index is 12.9. The number of carbonyl (C=O) groups is 4. The van der Waals surface area contributed by atoms with Crippen molar-refractivity contribution >= 4 is 23.6 Å². The van der Waals surface area contributed by atoms with Gasteiger partial charge in [-0.05, 0) is 24.3 Å². The molecule has 9 N–H and O–H groups in total. The minimum absolute atomic E-state index is 0.000500. The molecule has 0 aliphatic rings. The molecule has 1 aromatic carbocycles. The highest BCUT2D eigenvalue weighted by atomic mass is 16.3. The topological polar surface area (TPSA) is 197 Å². The lowest BCUT2D eigenvalue weighted by molar-refractivity contribution is -0.134. The van der Waals surface area contributed by atoms with E-state index < -0.39 is 60.8 Å². The van der Waals surface area contributed by atoms with E-state index in [0.29, 0.717) is 6.42 Å². The van der Waals surface area contributed by atoms with E-state index in [1.807, 2.05) is 44.2 Å². The first-order valence-corrected chi connectivity index (χ1v) is 10.8. The third-order valence-electron chi connectivity index (χ3n) is 4.80. The molecule has 0 saturated carbocycles. The van der Waals surface area contributed by atoms with Gasteiger partial charge in [-0.2, -0.15) is 0 Å². The van der Waals surface area contributed by atoms with Gasteiger partial charge in [-0.1, -0.05) is 44.2 Å². The zero-order valence-electron chi connectivity index (χ0n) is 19.0. The van der Waals surface area contributed by atoms with Crippen molar-refractivity contribution in [1.82, 2.24) is 16.0 Å². The fourth-order valence-corrected chi connectivity index (χ4v) is 3.11. The van der Waals surface area contributed by atoms with Crippen LogP contribution in [0.2, 0.25) is 0 Å². The molecule has 4 amide bonds. The minimum atomic E-state index is -1.31. The first-order valence-electron chi connectivity index (χ1n) is 10.8. The van der Waals surface area contributed by atoms with Crippen molar-refractivity contribution in [2.45, 2.75) is 57.3 Å². The average Bonchev–Trinajstić information content (AvgIpc) is 2.76. The average molecular weight is 466 g/mol. The van der Waals surface area contributed by atoms with Crippen LogP contribution >= 0.6 is 0 Å². The Labute approximate surface area is 193 Å². The van der Waals surface area contributed by atoms with Crippen molar-refractivity contribution in [3.05, 3.63) is 35.9 Å². The van der Waals surface area contributed by atoms with Crippen LogP contribution in [0.4, 0.5) is 0 Å². The second kappa shape index (κ2) is 14.2. The first-order chi connectivity index (χ1) is 15.6. The number of primary amides is 1. The Morgan fingerprint density at radius 1 is 0.879 bits per heavy atom. The Morgan fingerprint density at radius 3 is 1.97 bits per heavy atom. The Morgan fingerprint density at radius 2 is 1.45 bits per heavy atom. The SMILES string of the molecule is CC(C)C[C@H](NC(=O)[C@@H](N)CO)C(=O)N[C@@H](CC(N)=O)C(=O)N[C@H](CO)Cc1ccccc1. The maximum Gasteiger partial charge on any atom is 0.243 e. The monoisotopic (exact) mass is 465 g/mol. The molecule has 1 aromatic rings. The van der Waals surface area contributed by atoms with Crippen molar-refractivity contribution in [1.29, 1.82) is 0 Å². The van der Waals surface area contributed by atoms with Gasteiger partial charge in [0.2, 0.25) is 23.6 Å². The lowest BCUT2D eigenvalue weighted by Gasteiger charge is -2.26. The second-order valence-corrected chi connectivity index (χ2v) is 8.29. The van der Waals surface area contributed by atoms with Crippen molar-refractivity contribution in [2.75, 3.05) is 13.2 Å². The van der Waals surface area contributed by atoms with Gasteiger partial charge in [-0.3, -0.25) is 19.2 Å². The van der Waals surface area contributed by atoms with E-state index in [0.717, 1.165) is 5.56 Å². The molecular formula is C22H35N5O6. The summed E-state index contributed by atoms with van der Waals surface area (Å²) in [7, 11) is 0. The zero-order chi connectivity index (χ0) is 25.0. The van der Waals surface area contributed by atoms with E-state index in [1.54, 1.807) is 0 Å². The van der Waals surface area contributed by atoms with Crippen LogP contribution < -0.4 is 27.4 Å². The fourth-order valence-electron chi connectivity index (χ4n) is 3.11. The highest BCUT2D eigenvalue weighted by Crippen LogP contribution is 2.08. The molecule has 11 heteroatoms. The maximum atomic E-state index is 12.9. The summed E-state index contributed by atoms with van der Waals surface area (Å²) >= 11 is 0. The Hall–Kier alpha value is -3.02. The molecule has 11 nitrogen and oxygen atoms in total. The van der Waals surface area contributed by atoms with E-state index in [9.17, 15) is 24.3 Å². The molecular weight excluding hydrogens is 430 g/mol. The van der Waals surface area contributed by atoms with Gasteiger partial charge in [0.15, 0.2) is 0 Å². The van der Waals surface area contributed by atoms with Crippen molar-refractivity contribution in [3.63, 3.8) is 0 Å². The normalized spacial score (nSPS) is 14.6. The van der Waals surface area contributed by atoms with Gasteiger partial charge in [0.1, 0.15) is 18.1 Å². The summed E-state index contributed by atoms with van der Waals surface area (Å²) < 4.78 is 0. The van der Waals surface area contributed by atoms with Crippen molar-refractivity contribution < 1.29 is 29.4 Å². The molecule has 184 valence electrons. The summed E-state index contributed by atoms with van der Waals surface area (Å²) in [5.41, 5.74) is 11.6. The summed E-state index contributed by atoms with van der Waals surface area (Å²) in [5.74, 6) is -2.94. The molecule has 0 aliphatic heterocycles. The molecule has 0 radical (unpaired) electrons. The number of carbonyl (C=O) groups excluding carboxylic acids is 4. The third kappa shape index (κ3) is 10.4. The van der Waals surface area contributed by atoms with Crippen LogP contribution in [-0.2, 0) is 25.6 Å². The predicted octanol–water partition coefficient (Wildman–Crippen LogP) is -2.08. The largest absolute Gasteiger partial charge is 0.394 e. The molecule has 33 heavy (non-hydrogen) atoms. The quantitative estimate of drug-likeness (QED) is 0.163. The molecule has 0 bridgehead atoms. The number of amides is 4. The van der Waals surface area contributed by atoms with E-state index in [4.69, 9.17) is 16.6 Å². The van der Waals surface area contributed by atoms with E-state index in [2.05, 4.69) is 16.0 Å². The lowest BCUT2D eigenvalue weighted by atomic mass is 10.0. The highest BCUT2D eigenvalue weighted by molar-refractivity contribution is 5.95. The molecule has 1 rings (SSSR count). The van der Waals surface area contributed by atoms with Crippen LogP contribution in [0.1, 0.15) is 32.3 Å². The van der Waals surface area contributed by atoms with Gasteiger partial charge in [-0.15, -0.1) is 0 Å². The standard InChI is InChI=1S/C22H35N5O6/c1-13(2)8-17(26-20(31)16(23)12-29)22(33)27-18(10-19(24)30)21(32)25-15(11-28)9-14-6-4-3-5-7-14/h3-7,13,15-18,28-29H,8-12,23H2,1-2H3,(H2,24,30)(H,25,32)(H,26,31)(H,27,33)/t15-,16-,17-,18-/m0/s1. The number of benzene rings is 1. The number of nitrogens with one attached hydrogen (secondary N) is 3. The van der Waals surface area contributed by atoms with Crippen molar-refractivity contribution in [3.8, 4) is 0 Å². The molecule has 0 fully saturated rings. The van der Waals surface area contributed by atoms with Gasteiger partial charge < -0.3 is 37.6 Å². The van der Waals surface area contributed by atoms with E-state index >= 15 is 0 Å². The van der Waals surface area contributed by atoms with Crippen LogP contribution in [0, 0.1) is 5.92 Å². The van der Waals surface area contributed by atoms with Crippen LogP contribution in [-0.4, -0.2) is 71.2 Å².